The fraction of sp³-hybridized carbons (Fsp3) is 0.600. The summed E-state index contributed by atoms with van der Waals surface area (Å²) < 4.78 is 25.5. The number of sulfonamides is 1. The van der Waals surface area contributed by atoms with Crippen LogP contribution in [-0.4, -0.2) is 20.7 Å². The van der Waals surface area contributed by atoms with Crippen LogP contribution in [0.25, 0.3) is 5.57 Å². The van der Waals surface area contributed by atoms with Gasteiger partial charge in [-0.1, -0.05) is 51.1 Å². The van der Waals surface area contributed by atoms with Gasteiger partial charge in [-0.15, -0.1) is 0 Å². The van der Waals surface area contributed by atoms with E-state index >= 15 is 0 Å². The average Bonchev–Trinajstić information content (AvgIpc) is 2.55. The molecule has 0 saturated heterocycles. The number of benzene rings is 1. The Morgan fingerprint density at radius 3 is 2.33 bits per heavy atom. The third-order valence-electron chi connectivity index (χ3n) is 5.08. The molecule has 1 atom stereocenters. The zero-order valence-electron chi connectivity index (χ0n) is 15.4. The zero-order chi connectivity index (χ0) is 17.8. The number of hydrogen-bond donors (Lipinski definition) is 1. The first-order valence-electron chi connectivity index (χ1n) is 8.97. The predicted molar refractivity (Wildman–Crippen MR) is 102 cm³/mol. The van der Waals surface area contributed by atoms with Crippen LogP contribution >= 0.6 is 0 Å². The lowest BCUT2D eigenvalue weighted by Crippen LogP contribution is -2.27. The summed E-state index contributed by atoms with van der Waals surface area (Å²) in [6.45, 7) is 9.11. The van der Waals surface area contributed by atoms with Crippen LogP contribution in [0.4, 0.5) is 0 Å². The van der Waals surface area contributed by atoms with Crippen molar-refractivity contribution in [3.05, 3.63) is 41.5 Å². The fourth-order valence-electron chi connectivity index (χ4n) is 3.22. The van der Waals surface area contributed by atoms with E-state index in [0.717, 1.165) is 18.8 Å². The summed E-state index contributed by atoms with van der Waals surface area (Å²) in [4.78, 5) is 0. The lowest BCUT2D eigenvalue weighted by Gasteiger charge is -2.33. The monoisotopic (exact) mass is 349 g/mol. The van der Waals surface area contributed by atoms with E-state index in [-0.39, 0.29) is 5.75 Å². The Balaban J connectivity index is 1.92. The van der Waals surface area contributed by atoms with Crippen molar-refractivity contribution in [1.29, 1.82) is 0 Å². The summed E-state index contributed by atoms with van der Waals surface area (Å²) in [5, 5.41) is 0. The molecule has 1 unspecified atom stereocenters. The molecule has 24 heavy (non-hydrogen) atoms. The normalized spacial score (nSPS) is 19.2. The second kappa shape index (κ2) is 7.83. The first-order chi connectivity index (χ1) is 11.2. The number of allylic oxidation sites excluding steroid dienone is 2. The molecule has 1 aliphatic carbocycles. The average molecular weight is 350 g/mol. The van der Waals surface area contributed by atoms with Gasteiger partial charge >= 0.3 is 0 Å². The predicted octanol–water partition coefficient (Wildman–Crippen LogP) is 4.40. The third kappa shape index (κ3) is 5.45. The van der Waals surface area contributed by atoms with Crippen LogP contribution in [-0.2, 0) is 16.4 Å². The maximum absolute atomic E-state index is 11.4. The third-order valence-corrected chi connectivity index (χ3v) is 6.48. The highest BCUT2D eigenvalue weighted by molar-refractivity contribution is 7.89. The quantitative estimate of drug-likeness (QED) is 0.827. The highest BCUT2D eigenvalue weighted by Gasteiger charge is 2.26. The van der Waals surface area contributed by atoms with Gasteiger partial charge < -0.3 is 0 Å². The minimum absolute atomic E-state index is 0.135. The van der Waals surface area contributed by atoms with E-state index in [9.17, 15) is 8.42 Å². The van der Waals surface area contributed by atoms with Crippen LogP contribution in [0.5, 0.6) is 0 Å². The van der Waals surface area contributed by atoms with Crippen molar-refractivity contribution in [3.63, 3.8) is 0 Å². The van der Waals surface area contributed by atoms with Gasteiger partial charge in [0.15, 0.2) is 0 Å². The Morgan fingerprint density at radius 1 is 1.17 bits per heavy atom. The molecule has 0 spiro atoms. The fourth-order valence-corrected chi connectivity index (χ4v) is 3.84. The highest BCUT2D eigenvalue weighted by Crippen LogP contribution is 2.39. The van der Waals surface area contributed by atoms with E-state index in [1.54, 1.807) is 6.92 Å². The van der Waals surface area contributed by atoms with Gasteiger partial charge in [-0.25, -0.2) is 13.1 Å². The maximum Gasteiger partial charge on any atom is 0.211 e. The molecule has 0 bridgehead atoms. The minimum Gasteiger partial charge on any atom is -0.215 e. The van der Waals surface area contributed by atoms with E-state index in [0.29, 0.717) is 12.0 Å². The lowest BCUT2D eigenvalue weighted by molar-refractivity contribution is 0.225. The van der Waals surface area contributed by atoms with E-state index in [1.807, 2.05) is 0 Å². The number of hydrogen-bond acceptors (Lipinski definition) is 2. The molecule has 1 aromatic rings. The highest BCUT2D eigenvalue weighted by atomic mass is 32.2. The van der Waals surface area contributed by atoms with E-state index in [1.165, 1.54) is 29.5 Å². The Morgan fingerprint density at radius 2 is 1.83 bits per heavy atom. The molecule has 1 aliphatic rings. The Labute approximate surface area is 147 Å². The van der Waals surface area contributed by atoms with Gasteiger partial charge in [-0.05, 0) is 60.6 Å². The van der Waals surface area contributed by atoms with Gasteiger partial charge in [0.05, 0.1) is 5.75 Å². The van der Waals surface area contributed by atoms with Crippen LogP contribution in [0.1, 0.15) is 58.1 Å². The molecule has 0 saturated carbocycles. The van der Waals surface area contributed by atoms with Crippen LogP contribution in [0.2, 0.25) is 0 Å². The van der Waals surface area contributed by atoms with E-state index in [2.05, 4.69) is 55.8 Å². The Bertz CT molecular complexity index is 667. The summed E-state index contributed by atoms with van der Waals surface area (Å²) in [7, 11) is -3.09. The molecule has 0 amide bonds. The second-order valence-corrected chi connectivity index (χ2v) is 9.91. The van der Waals surface area contributed by atoms with Gasteiger partial charge in [0.1, 0.15) is 0 Å². The van der Waals surface area contributed by atoms with Gasteiger partial charge in [0.25, 0.3) is 0 Å². The van der Waals surface area contributed by atoms with Gasteiger partial charge in [0.2, 0.25) is 10.0 Å². The van der Waals surface area contributed by atoms with Crippen molar-refractivity contribution in [2.75, 3.05) is 12.3 Å². The van der Waals surface area contributed by atoms with E-state index in [4.69, 9.17) is 0 Å². The van der Waals surface area contributed by atoms with Gasteiger partial charge in [-0.2, -0.15) is 0 Å². The molecular formula is C20H31NO2S. The van der Waals surface area contributed by atoms with Crippen LogP contribution in [0, 0.1) is 11.3 Å². The summed E-state index contributed by atoms with van der Waals surface area (Å²) in [5.41, 5.74) is 4.31. The van der Waals surface area contributed by atoms with Gasteiger partial charge in [-0.3, -0.25) is 0 Å². The van der Waals surface area contributed by atoms with Gasteiger partial charge in [0, 0.05) is 6.54 Å². The Kier molecular flexibility index (Phi) is 6.27. The summed E-state index contributed by atoms with van der Waals surface area (Å²) >= 11 is 0. The van der Waals surface area contributed by atoms with Crippen molar-refractivity contribution >= 4 is 15.6 Å². The SMILES string of the molecule is CCS(=O)(=O)NCCc1ccc(C2=CCC(C(C)(C)C)CC2)cc1. The molecule has 1 aromatic carbocycles. The minimum atomic E-state index is -3.09. The Hall–Kier alpha value is -1.13. The van der Waals surface area contributed by atoms with Crippen molar-refractivity contribution in [1.82, 2.24) is 4.72 Å². The molecule has 0 aliphatic heterocycles. The lowest BCUT2D eigenvalue weighted by atomic mass is 9.72. The van der Waals surface area contributed by atoms with E-state index < -0.39 is 10.0 Å². The molecule has 134 valence electrons. The molecule has 0 fully saturated rings. The van der Waals surface area contributed by atoms with Crippen molar-refractivity contribution in [2.45, 2.75) is 53.4 Å². The second-order valence-electron chi connectivity index (χ2n) is 7.81. The summed E-state index contributed by atoms with van der Waals surface area (Å²) in [5.74, 6) is 0.905. The summed E-state index contributed by atoms with van der Waals surface area (Å²) in [6.07, 6.45) is 6.71. The van der Waals surface area contributed by atoms with Crippen molar-refractivity contribution < 1.29 is 8.42 Å². The van der Waals surface area contributed by atoms with Crippen molar-refractivity contribution in [2.24, 2.45) is 11.3 Å². The summed E-state index contributed by atoms with van der Waals surface area (Å²) in [6, 6.07) is 8.58. The molecule has 2 rings (SSSR count). The smallest absolute Gasteiger partial charge is 0.211 e. The molecule has 4 heteroatoms. The molecule has 0 aromatic heterocycles. The van der Waals surface area contributed by atoms with Crippen LogP contribution in [0.3, 0.4) is 0 Å². The first kappa shape index (κ1) is 19.2. The number of rotatable bonds is 6. The standard InChI is InChI=1S/C20H31NO2S/c1-5-24(22,23)21-15-14-16-6-8-17(9-7-16)18-10-12-19(13-11-18)20(2,3)4/h6-10,19,21H,5,11-15H2,1-4H3. The maximum atomic E-state index is 11.4. The van der Waals surface area contributed by atoms with Crippen molar-refractivity contribution in [3.8, 4) is 0 Å². The molecule has 1 N–H and O–H groups in total. The molecular weight excluding hydrogens is 318 g/mol. The molecule has 0 radical (unpaired) electrons. The molecule has 3 nitrogen and oxygen atoms in total. The number of nitrogens with one attached hydrogen (secondary N) is 1. The van der Waals surface area contributed by atoms with Crippen LogP contribution in [0.15, 0.2) is 30.3 Å². The largest absolute Gasteiger partial charge is 0.215 e. The topological polar surface area (TPSA) is 46.2 Å². The molecule has 0 heterocycles. The van der Waals surface area contributed by atoms with Crippen LogP contribution < -0.4 is 4.72 Å². The first-order valence-corrected chi connectivity index (χ1v) is 10.6. The zero-order valence-corrected chi connectivity index (χ0v) is 16.2.